The molecule has 7 heteroatoms. The molecule has 2 N–H and O–H groups in total. The Kier molecular flexibility index (Phi) is 6.82. The highest BCUT2D eigenvalue weighted by Gasteiger charge is 2.21. The summed E-state index contributed by atoms with van der Waals surface area (Å²) >= 11 is 0. The molecule has 0 bridgehead atoms. The number of hydrogen-bond acceptors (Lipinski definition) is 4. The predicted molar refractivity (Wildman–Crippen MR) is 125 cm³/mol. The van der Waals surface area contributed by atoms with Gasteiger partial charge in [0.15, 0.2) is 5.96 Å². The van der Waals surface area contributed by atoms with Gasteiger partial charge in [-0.3, -0.25) is 4.99 Å². The Morgan fingerprint density at radius 1 is 1.10 bits per heavy atom. The number of aliphatic imine (C=N–C) groups is 1. The first-order valence-electron chi connectivity index (χ1n) is 10.9. The topological polar surface area (TPSA) is 70.4 Å². The van der Waals surface area contributed by atoms with Gasteiger partial charge < -0.3 is 20.1 Å². The molecule has 162 valence electrons. The average Bonchev–Trinajstić information content (AvgIpc) is 3.24. The van der Waals surface area contributed by atoms with Crippen LogP contribution in [0.15, 0.2) is 65.9 Å². The Labute approximate surface area is 184 Å². The summed E-state index contributed by atoms with van der Waals surface area (Å²) in [5.41, 5.74) is 2.33. The van der Waals surface area contributed by atoms with Crippen molar-refractivity contribution in [3.63, 3.8) is 0 Å². The van der Waals surface area contributed by atoms with Gasteiger partial charge in [-0.15, -0.1) is 0 Å². The summed E-state index contributed by atoms with van der Waals surface area (Å²) in [5, 5.41) is 7.00. The van der Waals surface area contributed by atoms with E-state index in [0.29, 0.717) is 12.6 Å². The third-order valence-corrected chi connectivity index (χ3v) is 5.67. The molecule has 0 atom stereocenters. The summed E-state index contributed by atoms with van der Waals surface area (Å²) in [6.07, 6.45) is 5.98. The molecule has 0 amide bonds. The number of benzene rings is 1. The lowest BCUT2D eigenvalue weighted by molar-refractivity contribution is 0.459. The van der Waals surface area contributed by atoms with Crippen LogP contribution in [0.25, 0.3) is 0 Å². The van der Waals surface area contributed by atoms with Crippen LogP contribution in [0, 0.1) is 6.92 Å². The van der Waals surface area contributed by atoms with Crippen molar-refractivity contribution in [2.45, 2.75) is 38.9 Å². The number of guanidine groups is 1. The second kappa shape index (κ2) is 10.1. The van der Waals surface area contributed by atoms with Gasteiger partial charge in [-0.1, -0.05) is 36.4 Å². The van der Waals surface area contributed by atoms with Gasteiger partial charge >= 0.3 is 0 Å². The zero-order chi connectivity index (χ0) is 21.5. The van der Waals surface area contributed by atoms with E-state index in [4.69, 9.17) is 0 Å². The summed E-state index contributed by atoms with van der Waals surface area (Å²) < 4.78 is 2.17. The molecule has 0 spiro atoms. The van der Waals surface area contributed by atoms with E-state index < -0.39 is 0 Å². The van der Waals surface area contributed by atoms with Gasteiger partial charge in [0.1, 0.15) is 11.6 Å². The fourth-order valence-electron chi connectivity index (χ4n) is 3.94. The monoisotopic (exact) mass is 417 g/mol. The SMILES string of the molecule is CN=C(NCc1nccn1Cc1ccccc1)NC1CCN(c2cccc(C)n2)CC1. The molecular formula is C24H31N7. The van der Waals surface area contributed by atoms with Gasteiger partial charge in [-0.25, -0.2) is 9.97 Å². The second-order valence-corrected chi connectivity index (χ2v) is 7.93. The van der Waals surface area contributed by atoms with Crippen molar-refractivity contribution in [1.29, 1.82) is 0 Å². The molecule has 7 nitrogen and oxygen atoms in total. The molecule has 0 saturated carbocycles. The van der Waals surface area contributed by atoms with Crippen molar-refractivity contribution in [2.75, 3.05) is 25.0 Å². The molecule has 1 aliphatic rings. The summed E-state index contributed by atoms with van der Waals surface area (Å²) in [6, 6.07) is 17.1. The Morgan fingerprint density at radius 2 is 1.90 bits per heavy atom. The minimum Gasteiger partial charge on any atom is -0.356 e. The van der Waals surface area contributed by atoms with Crippen molar-refractivity contribution >= 4 is 11.8 Å². The number of aromatic nitrogens is 3. The Morgan fingerprint density at radius 3 is 2.65 bits per heavy atom. The second-order valence-electron chi connectivity index (χ2n) is 7.93. The minimum absolute atomic E-state index is 0.399. The molecule has 1 aromatic carbocycles. The largest absolute Gasteiger partial charge is 0.356 e. The number of piperidine rings is 1. The first kappa shape index (κ1) is 20.9. The van der Waals surface area contributed by atoms with E-state index >= 15 is 0 Å². The number of pyridine rings is 1. The fraction of sp³-hybridized carbons (Fsp3) is 0.375. The number of nitrogens with zero attached hydrogens (tertiary/aromatic N) is 5. The maximum absolute atomic E-state index is 4.66. The van der Waals surface area contributed by atoms with E-state index in [2.05, 4.69) is 71.5 Å². The minimum atomic E-state index is 0.399. The van der Waals surface area contributed by atoms with Gasteiger partial charge in [0, 0.05) is 50.8 Å². The maximum Gasteiger partial charge on any atom is 0.191 e. The van der Waals surface area contributed by atoms with Crippen molar-refractivity contribution < 1.29 is 0 Å². The lowest BCUT2D eigenvalue weighted by Crippen LogP contribution is -2.48. The quantitative estimate of drug-likeness (QED) is 0.477. The number of aryl methyl sites for hydroxylation is 1. The zero-order valence-electron chi connectivity index (χ0n) is 18.3. The van der Waals surface area contributed by atoms with Crippen LogP contribution in [0.3, 0.4) is 0 Å². The molecule has 0 unspecified atom stereocenters. The lowest BCUT2D eigenvalue weighted by Gasteiger charge is -2.34. The third kappa shape index (κ3) is 5.63. The molecule has 3 aromatic rings. The number of nitrogens with one attached hydrogen (secondary N) is 2. The fourth-order valence-corrected chi connectivity index (χ4v) is 3.94. The van der Waals surface area contributed by atoms with E-state index in [0.717, 1.165) is 55.8 Å². The standard InChI is InChI=1S/C24H31N7/c1-19-7-6-10-22(28-19)30-14-11-21(12-15-30)29-24(25-2)27-17-23-26-13-16-31(23)18-20-8-4-3-5-9-20/h3-10,13,16,21H,11-12,14-15,17-18H2,1-2H3,(H2,25,27,29). The van der Waals surface area contributed by atoms with E-state index in [9.17, 15) is 0 Å². The molecule has 1 fully saturated rings. The Hall–Kier alpha value is -3.35. The zero-order valence-corrected chi connectivity index (χ0v) is 18.3. The van der Waals surface area contributed by atoms with E-state index in [1.54, 1.807) is 0 Å². The first-order valence-corrected chi connectivity index (χ1v) is 10.9. The molecule has 0 aliphatic carbocycles. The Balaban J connectivity index is 1.27. The van der Waals surface area contributed by atoms with Crippen LogP contribution in [0.5, 0.6) is 0 Å². The summed E-state index contributed by atoms with van der Waals surface area (Å²) in [4.78, 5) is 16.0. The molecule has 4 rings (SSSR count). The summed E-state index contributed by atoms with van der Waals surface area (Å²) in [5.74, 6) is 2.89. The summed E-state index contributed by atoms with van der Waals surface area (Å²) in [6.45, 7) is 5.47. The van der Waals surface area contributed by atoms with Gasteiger partial charge in [0.05, 0.1) is 6.54 Å². The maximum atomic E-state index is 4.66. The number of imidazole rings is 1. The highest BCUT2D eigenvalue weighted by Crippen LogP contribution is 2.18. The third-order valence-electron chi connectivity index (χ3n) is 5.67. The lowest BCUT2D eigenvalue weighted by atomic mass is 10.1. The number of hydrogen-bond donors (Lipinski definition) is 2. The van der Waals surface area contributed by atoms with E-state index in [-0.39, 0.29) is 0 Å². The smallest absolute Gasteiger partial charge is 0.191 e. The van der Waals surface area contributed by atoms with Crippen molar-refractivity contribution in [1.82, 2.24) is 25.2 Å². The molecule has 1 aliphatic heterocycles. The van der Waals surface area contributed by atoms with Crippen LogP contribution in [0.1, 0.15) is 29.9 Å². The van der Waals surface area contributed by atoms with Gasteiger partial charge in [-0.2, -0.15) is 0 Å². The predicted octanol–water partition coefficient (Wildman–Crippen LogP) is 2.97. The van der Waals surface area contributed by atoms with E-state index in [1.165, 1.54) is 5.56 Å². The average molecular weight is 418 g/mol. The Bertz CT molecular complexity index is 988. The van der Waals surface area contributed by atoms with Gasteiger partial charge in [0.2, 0.25) is 0 Å². The van der Waals surface area contributed by atoms with Crippen molar-refractivity contribution in [3.05, 3.63) is 78.0 Å². The van der Waals surface area contributed by atoms with Crippen LogP contribution in [0.4, 0.5) is 5.82 Å². The van der Waals surface area contributed by atoms with Crippen molar-refractivity contribution in [3.8, 4) is 0 Å². The van der Waals surface area contributed by atoms with Gasteiger partial charge in [-0.05, 0) is 37.5 Å². The van der Waals surface area contributed by atoms with Crippen LogP contribution in [-0.2, 0) is 13.1 Å². The van der Waals surface area contributed by atoms with Crippen LogP contribution < -0.4 is 15.5 Å². The number of rotatable bonds is 6. The van der Waals surface area contributed by atoms with Crippen LogP contribution in [0.2, 0.25) is 0 Å². The van der Waals surface area contributed by atoms with Gasteiger partial charge in [0.25, 0.3) is 0 Å². The molecular weight excluding hydrogens is 386 g/mol. The molecule has 31 heavy (non-hydrogen) atoms. The summed E-state index contributed by atoms with van der Waals surface area (Å²) in [7, 11) is 1.82. The van der Waals surface area contributed by atoms with Crippen LogP contribution in [-0.4, -0.2) is 46.7 Å². The first-order chi connectivity index (χ1) is 15.2. The highest BCUT2D eigenvalue weighted by atomic mass is 15.2. The molecule has 3 heterocycles. The van der Waals surface area contributed by atoms with Crippen molar-refractivity contribution in [2.24, 2.45) is 4.99 Å². The molecule has 0 radical (unpaired) electrons. The molecule has 1 saturated heterocycles. The normalized spacial score (nSPS) is 15.2. The van der Waals surface area contributed by atoms with E-state index in [1.807, 2.05) is 38.5 Å². The molecule has 2 aromatic heterocycles. The number of anilines is 1. The van der Waals surface area contributed by atoms with Crippen LogP contribution >= 0.6 is 0 Å². The highest BCUT2D eigenvalue weighted by molar-refractivity contribution is 5.79.